The number of aliphatic hydroxyl groups excluding tert-OH is 1. The first-order chi connectivity index (χ1) is 8.58. The van der Waals surface area contributed by atoms with E-state index in [0.717, 1.165) is 11.3 Å². The topological polar surface area (TPSA) is 52.6 Å². The minimum atomic E-state index is -0.379. The van der Waals surface area contributed by atoms with Gasteiger partial charge in [-0.05, 0) is 24.0 Å². The molecule has 1 saturated heterocycles. The summed E-state index contributed by atoms with van der Waals surface area (Å²) in [4.78, 5) is 13.7. The summed E-state index contributed by atoms with van der Waals surface area (Å²) in [5.74, 6) is 0.366. The number of aliphatic hydroxyl groups is 1. The Morgan fingerprint density at radius 1 is 1.44 bits per heavy atom. The van der Waals surface area contributed by atoms with Gasteiger partial charge in [0, 0.05) is 18.8 Å². The van der Waals surface area contributed by atoms with Crippen molar-refractivity contribution in [2.45, 2.75) is 32.3 Å². The molecule has 1 atom stereocenters. The third-order valence-corrected chi connectivity index (χ3v) is 3.27. The maximum atomic E-state index is 12.0. The SMILES string of the molecule is CC(C)c1ccccc1NC(=O)N1CC[C@@H](O)C1. The molecule has 1 aliphatic heterocycles. The van der Waals surface area contributed by atoms with Crippen LogP contribution in [0.1, 0.15) is 31.7 Å². The van der Waals surface area contributed by atoms with Crippen LogP contribution in [0.5, 0.6) is 0 Å². The molecule has 0 aromatic heterocycles. The van der Waals surface area contributed by atoms with Gasteiger partial charge in [0.05, 0.1) is 6.10 Å². The van der Waals surface area contributed by atoms with Crippen LogP contribution in [-0.4, -0.2) is 35.2 Å². The van der Waals surface area contributed by atoms with Crippen molar-refractivity contribution in [1.29, 1.82) is 0 Å². The Morgan fingerprint density at radius 2 is 2.17 bits per heavy atom. The molecule has 2 amide bonds. The lowest BCUT2D eigenvalue weighted by Gasteiger charge is -2.19. The molecule has 98 valence electrons. The molecule has 4 nitrogen and oxygen atoms in total. The maximum absolute atomic E-state index is 12.0. The number of nitrogens with one attached hydrogen (secondary N) is 1. The number of benzene rings is 1. The number of β-amino-alcohol motifs (C(OH)–C–C–N with tert-alkyl or cyclic N) is 1. The number of urea groups is 1. The first-order valence-corrected chi connectivity index (χ1v) is 6.41. The van der Waals surface area contributed by atoms with Gasteiger partial charge in [-0.2, -0.15) is 0 Å². The number of para-hydroxylation sites is 1. The Kier molecular flexibility index (Phi) is 3.87. The molecule has 2 rings (SSSR count). The summed E-state index contributed by atoms with van der Waals surface area (Å²) >= 11 is 0. The second-order valence-electron chi connectivity index (χ2n) is 5.06. The highest BCUT2D eigenvalue weighted by Gasteiger charge is 2.24. The number of likely N-dealkylation sites (tertiary alicyclic amines) is 1. The third-order valence-electron chi connectivity index (χ3n) is 3.27. The third kappa shape index (κ3) is 2.82. The van der Waals surface area contributed by atoms with Crippen LogP contribution in [-0.2, 0) is 0 Å². The molecule has 2 N–H and O–H groups in total. The number of nitrogens with zero attached hydrogens (tertiary/aromatic N) is 1. The Balaban J connectivity index is 2.07. The molecule has 1 aromatic rings. The fourth-order valence-corrected chi connectivity index (χ4v) is 2.23. The zero-order valence-corrected chi connectivity index (χ0v) is 10.9. The average molecular weight is 248 g/mol. The Labute approximate surface area is 108 Å². The van der Waals surface area contributed by atoms with Gasteiger partial charge in [0.2, 0.25) is 0 Å². The lowest BCUT2D eigenvalue weighted by atomic mass is 10.0. The summed E-state index contributed by atoms with van der Waals surface area (Å²) in [5, 5.41) is 12.4. The summed E-state index contributed by atoms with van der Waals surface area (Å²) in [6.45, 7) is 5.25. The number of anilines is 1. The van der Waals surface area contributed by atoms with Crippen molar-refractivity contribution in [3.8, 4) is 0 Å². The van der Waals surface area contributed by atoms with Crippen molar-refractivity contribution in [2.75, 3.05) is 18.4 Å². The molecule has 1 aromatic carbocycles. The van der Waals surface area contributed by atoms with Gasteiger partial charge in [-0.3, -0.25) is 0 Å². The predicted octanol–water partition coefficient (Wildman–Crippen LogP) is 2.41. The molecule has 0 spiro atoms. The van der Waals surface area contributed by atoms with Crippen LogP contribution >= 0.6 is 0 Å². The quantitative estimate of drug-likeness (QED) is 0.844. The molecular formula is C14H20N2O2. The van der Waals surface area contributed by atoms with Gasteiger partial charge in [-0.15, -0.1) is 0 Å². The van der Waals surface area contributed by atoms with Crippen LogP contribution in [0.15, 0.2) is 24.3 Å². The van der Waals surface area contributed by atoms with Gasteiger partial charge >= 0.3 is 6.03 Å². The normalized spacial score (nSPS) is 19.3. The number of carbonyl (C=O) groups is 1. The summed E-state index contributed by atoms with van der Waals surface area (Å²) in [6.07, 6.45) is 0.287. The highest BCUT2D eigenvalue weighted by molar-refractivity contribution is 5.90. The van der Waals surface area contributed by atoms with Crippen molar-refractivity contribution < 1.29 is 9.90 Å². The van der Waals surface area contributed by atoms with Crippen molar-refractivity contribution >= 4 is 11.7 Å². The highest BCUT2D eigenvalue weighted by atomic mass is 16.3. The molecule has 0 radical (unpaired) electrons. The molecule has 0 bridgehead atoms. The maximum Gasteiger partial charge on any atom is 0.321 e. The predicted molar refractivity (Wildman–Crippen MR) is 71.7 cm³/mol. The summed E-state index contributed by atoms with van der Waals surface area (Å²) < 4.78 is 0. The van der Waals surface area contributed by atoms with E-state index in [2.05, 4.69) is 19.2 Å². The van der Waals surface area contributed by atoms with Crippen LogP contribution < -0.4 is 5.32 Å². The largest absolute Gasteiger partial charge is 0.391 e. The second-order valence-corrected chi connectivity index (χ2v) is 5.06. The number of amides is 2. The van der Waals surface area contributed by atoms with E-state index in [1.54, 1.807) is 4.90 Å². The van der Waals surface area contributed by atoms with Gasteiger partial charge in [0.25, 0.3) is 0 Å². The second kappa shape index (κ2) is 5.40. The van der Waals surface area contributed by atoms with Gasteiger partial charge < -0.3 is 15.3 Å². The monoisotopic (exact) mass is 248 g/mol. The molecule has 18 heavy (non-hydrogen) atoms. The van der Waals surface area contributed by atoms with E-state index in [9.17, 15) is 9.90 Å². The van der Waals surface area contributed by atoms with E-state index in [4.69, 9.17) is 0 Å². The van der Waals surface area contributed by atoms with Crippen molar-refractivity contribution in [3.05, 3.63) is 29.8 Å². The molecule has 0 saturated carbocycles. The van der Waals surface area contributed by atoms with Crippen LogP contribution in [0, 0.1) is 0 Å². The minimum absolute atomic E-state index is 0.125. The first-order valence-electron chi connectivity index (χ1n) is 6.41. The van der Waals surface area contributed by atoms with E-state index >= 15 is 0 Å². The van der Waals surface area contributed by atoms with Crippen LogP contribution in [0.2, 0.25) is 0 Å². The number of hydrogen-bond donors (Lipinski definition) is 2. The highest BCUT2D eigenvalue weighted by Crippen LogP contribution is 2.24. The standard InChI is InChI=1S/C14H20N2O2/c1-10(2)12-5-3-4-6-13(12)15-14(18)16-8-7-11(17)9-16/h3-6,10-11,17H,7-9H2,1-2H3,(H,15,18)/t11-/m1/s1. The van der Waals surface area contributed by atoms with E-state index in [0.29, 0.717) is 25.4 Å². The smallest absolute Gasteiger partial charge is 0.321 e. The van der Waals surface area contributed by atoms with Crippen LogP contribution in [0.3, 0.4) is 0 Å². The number of rotatable bonds is 2. The van der Waals surface area contributed by atoms with E-state index in [-0.39, 0.29) is 12.1 Å². The summed E-state index contributed by atoms with van der Waals surface area (Å²) in [5.41, 5.74) is 1.99. The molecule has 0 unspecified atom stereocenters. The molecule has 0 aliphatic carbocycles. The summed E-state index contributed by atoms with van der Waals surface area (Å²) in [6, 6.07) is 7.71. The van der Waals surface area contributed by atoms with E-state index in [1.165, 1.54) is 0 Å². The van der Waals surface area contributed by atoms with E-state index in [1.807, 2.05) is 24.3 Å². The Hall–Kier alpha value is -1.55. The van der Waals surface area contributed by atoms with Crippen molar-refractivity contribution in [1.82, 2.24) is 4.90 Å². The summed E-state index contributed by atoms with van der Waals surface area (Å²) in [7, 11) is 0. The van der Waals surface area contributed by atoms with E-state index < -0.39 is 0 Å². The van der Waals surface area contributed by atoms with Gasteiger partial charge in [-0.25, -0.2) is 4.79 Å². The molecule has 1 heterocycles. The fourth-order valence-electron chi connectivity index (χ4n) is 2.23. The first kappa shape index (κ1) is 12.9. The van der Waals surface area contributed by atoms with Crippen LogP contribution in [0.4, 0.5) is 10.5 Å². The molecule has 4 heteroatoms. The molecular weight excluding hydrogens is 228 g/mol. The van der Waals surface area contributed by atoms with Gasteiger partial charge in [0.15, 0.2) is 0 Å². The zero-order valence-electron chi connectivity index (χ0n) is 10.9. The lowest BCUT2D eigenvalue weighted by Crippen LogP contribution is -2.33. The Morgan fingerprint density at radius 3 is 2.78 bits per heavy atom. The lowest BCUT2D eigenvalue weighted by molar-refractivity contribution is 0.176. The average Bonchev–Trinajstić information content (AvgIpc) is 2.76. The van der Waals surface area contributed by atoms with Gasteiger partial charge in [-0.1, -0.05) is 32.0 Å². The molecule has 1 aliphatic rings. The number of carbonyl (C=O) groups excluding carboxylic acids is 1. The van der Waals surface area contributed by atoms with Crippen molar-refractivity contribution in [3.63, 3.8) is 0 Å². The van der Waals surface area contributed by atoms with Crippen LogP contribution in [0.25, 0.3) is 0 Å². The fraction of sp³-hybridized carbons (Fsp3) is 0.500. The zero-order chi connectivity index (χ0) is 13.1. The number of hydrogen-bond acceptors (Lipinski definition) is 2. The minimum Gasteiger partial charge on any atom is -0.391 e. The van der Waals surface area contributed by atoms with Gasteiger partial charge in [0.1, 0.15) is 0 Å². The molecule has 1 fully saturated rings. The Bertz CT molecular complexity index is 432. The van der Waals surface area contributed by atoms with Crippen molar-refractivity contribution in [2.24, 2.45) is 0 Å².